The molecule has 0 bridgehead atoms. The molecule has 5 heteroatoms. The molecule has 0 aromatic carbocycles. The largest absolute Gasteiger partial charge is 0.459 e. The highest BCUT2D eigenvalue weighted by molar-refractivity contribution is 5.81. The molecule has 0 amide bonds. The number of nitrogens with zero attached hydrogens (tertiary/aromatic N) is 2. The summed E-state index contributed by atoms with van der Waals surface area (Å²) in [5, 5.41) is 0. The lowest BCUT2D eigenvalue weighted by molar-refractivity contribution is -0.161. The van der Waals surface area contributed by atoms with Gasteiger partial charge in [0, 0.05) is 12.4 Å². The molecule has 0 saturated carbocycles. The third-order valence-electron chi connectivity index (χ3n) is 2.28. The quantitative estimate of drug-likeness (QED) is 0.605. The lowest BCUT2D eigenvalue weighted by Gasteiger charge is -2.27. The normalized spacial score (nSPS) is 12.1. The zero-order chi connectivity index (χ0) is 14.0. The van der Waals surface area contributed by atoms with Crippen molar-refractivity contribution in [1.82, 2.24) is 9.97 Å². The van der Waals surface area contributed by atoms with Crippen molar-refractivity contribution >= 4 is 12.3 Å². The third kappa shape index (κ3) is 3.35. The second kappa shape index (κ2) is 4.84. The van der Waals surface area contributed by atoms with Crippen LogP contribution in [0.15, 0.2) is 12.4 Å². The molecule has 98 valence electrons. The molecule has 0 atom stereocenters. The van der Waals surface area contributed by atoms with Gasteiger partial charge in [-0.15, -0.1) is 0 Å². The van der Waals surface area contributed by atoms with Gasteiger partial charge in [-0.2, -0.15) is 0 Å². The first kappa shape index (κ1) is 14.3. The Morgan fingerprint density at radius 1 is 1.17 bits per heavy atom. The summed E-state index contributed by atoms with van der Waals surface area (Å²) >= 11 is 0. The van der Waals surface area contributed by atoms with Crippen molar-refractivity contribution in [3.63, 3.8) is 0 Å². The van der Waals surface area contributed by atoms with Gasteiger partial charge >= 0.3 is 5.97 Å². The highest BCUT2D eigenvalue weighted by Crippen LogP contribution is 2.23. The molecule has 0 unspecified atom stereocenters. The van der Waals surface area contributed by atoms with Crippen LogP contribution >= 0.6 is 0 Å². The molecular weight excluding hydrogens is 232 g/mol. The van der Waals surface area contributed by atoms with Crippen molar-refractivity contribution in [2.75, 3.05) is 0 Å². The lowest BCUT2D eigenvalue weighted by atomic mass is 9.92. The van der Waals surface area contributed by atoms with Gasteiger partial charge in [0.05, 0.1) is 5.56 Å². The standard InChI is InChI=1S/C13H18N2O3/c1-12(2,3)18-11(17)13(4,5)10-14-6-9(8-16)7-15-10/h6-8H,1-5H3. The molecule has 0 saturated heterocycles. The van der Waals surface area contributed by atoms with E-state index in [1.807, 2.05) is 0 Å². The van der Waals surface area contributed by atoms with E-state index in [2.05, 4.69) is 9.97 Å². The van der Waals surface area contributed by atoms with Crippen molar-refractivity contribution in [1.29, 1.82) is 0 Å². The molecule has 0 N–H and O–H groups in total. The fraction of sp³-hybridized carbons (Fsp3) is 0.538. The van der Waals surface area contributed by atoms with E-state index < -0.39 is 17.0 Å². The van der Waals surface area contributed by atoms with Gasteiger partial charge in [-0.25, -0.2) is 9.97 Å². The van der Waals surface area contributed by atoms with E-state index in [-0.39, 0.29) is 0 Å². The number of carbonyl (C=O) groups is 2. The summed E-state index contributed by atoms with van der Waals surface area (Å²) < 4.78 is 5.33. The Morgan fingerprint density at radius 2 is 1.67 bits per heavy atom. The van der Waals surface area contributed by atoms with Gasteiger partial charge in [0.1, 0.15) is 16.8 Å². The minimum Gasteiger partial charge on any atom is -0.459 e. The Balaban J connectivity index is 2.97. The van der Waals surface area contributed by atoms with Crippen LogP contribution in [0.2, 0.25) is 0 Å². The van der Waals surface area contributed by atoms with E-state index >= 15 is 0 Å². The average Bonchev–Trinajstić information content (AvgIpc) is 2.27. The number of aromatic nitrogens is 2. The maximum Gasteiger partial charge on any atom is 0.319 e. The van der Waals surface area contributed by atoms with Crippen molar-refractivity contribution in [3.05, 3.63) is 23.8 Å². The number of rotatable bonds is 3. The van der Waals surface area contributed by atoms with Crippen molar-refractivity contribution < 1.29 is 14.3 Å². The van der Waals surface area contributed by atoms with Crippen LogP contribution in [0, 0.1) is 0 Å². The molecule has 18 heavy (non-hydrogen) atoms. The molecule has 1 aromatic heterocycles. The second-order valence-electron chi connectivity index (χ2n) is 5.58. The molecule has 0 aliphatic carbocycles. The molecule has 1 heterocycles. The summed E-state index contributed by atoms with van der Waals surface area (Å²) in [4.78, 5) is 30.6. The molecule has 5 nitrogen and oxygen atoms in total. The predicted octanol–water partition coefficient (Wildman–Crippen LogP) is 1.91. The predicted molar refractivity (Wildman–Crippen MR) is 66.3 cm³/mol. The summed E-state index contributed by atoms with van der Waals surface area (Å²) in [7, 11) is 0. The zero-order valence-electron chi connectivity index (χ0n) is 11.4. The van der Waals surface area contributed by atoms with Crippen molar-refractivity contribution in [3.8, 4) is 0 Å². The molecule has 0 radical (unpaired) electrons. The molecule has 1 rings (SSSR count). The van der Waals surface area contributed by atoms with Gasteiger partial charge in [-0.1, -0.05) is 0 Å². The Kier molecular flexibility index (Phi) is 3.84. The van der Waals surface area contributed by atoms with Gasteiger partial charge in [-0.3, -0.25) is 9.59 Å². The van der Waals surface area contributed by atoms with Crippen LogP contribution < -0.4 is 0 Å². The van der Waals surface area contributed by atoms with E-state index in [4.69, 9.17) is 4.74 Å². The molecule has 0 aliphatic rings. The number of carbonyl (C=O) groups excluding carboxylic acids is 2. The summed E-state index contributed by atoms with van der Waals surface area (Å²) in [5.74, 6) is -0.0591. The first-order chi connectivity index (χ1) is 8.16. The SMILES string of the molecule is CC(C)(C)OC(=O)C(C)(C)c1ncc(C=O)cn1. The van der Waals surface area contributed by atoms with Crippen molar-refractivity contribution in [2.45, 2.75) is 45.6 Å². The van der Waals surface area contributed by atoms with E-state index in [1.165, 1.54) is 12.4 Å². The second-order valence-corrected chi connectivity index (χ2v) is 5.58. The summed E-state index contributed by atoms with van der Waals surface area (Å²) in [6, 6.07) is 0. The van der Waals surface area contributed by atoms with Gasteiger partial charge in [0.25, 0.3) is 0 Å². The number of aldehydes is 1. The monoisotopic (exact) mass is 250 g/mol. The van der Waals surface area contributed by atoms with E-state index in [9.17, 15) is 9.59 Å². The molecule has 0 spiro atoms. The Labute approximate surface area is 107 Å². The van der Waals surface area contributed by atoms with Crippen LogP contribution in [-0.2, 0) is 14.9 Å². The minimum atomic E-state index is -0.950. The van der Waals surface area contributed by atoms with Crippen LogP contribution in [0.3, 0.4) is 0 Å². The Morgan fingerprint density at radius 3 is 2.06 bits per heavy atom. The number of hydrogen-bond acceptors (Lipinski definition) is 5. The van der Waals surface area contributed by atoms with Crippen molar-refractivity contribution in [2.24, 2.45) is 0 Å². The van der Waals surface area contributed by atoms with E-state index in [0.29, 0.717) is 17.7 Å². The number of hydrogen-bond donors (Lipinski definition) is 0. The van der Waals surface area contributed by atoms with Crippen LogP contribution in [0.4, 0.5) is 0 Å². The Hall–Kier alpha value is -1.78. The minimum absolute atomic E-state index is 0.336. The maximum atomic E-state index is 12.1. The van der Waals surface area contributed by atoms with E-state index in [1.54, 1.807) is 34.6 Å². The number of esters is 1. The summed E-state index contributed by atoms with van der Waals surface area (Å²) in [6.07, 6.45) is 3.44. The lowest BCUT2D eigenvalue weighted by Crippen LogP contribution is -2.38. The van der Waals surface area contributed by atoms with E-state index in [0.717, 1.165) is 0 Å². The topological polar surface area (TPSA) is 69.2 Å². The van der Waals surface area contributed by atoms with Gasteiger partial charge in [-0.05, 0) is 34.6 Å². The molecule has 0 fully saturated rings. The van der Waals surface area contributed by atoms with Crippen LogP contribution in [0.5, 0.6) is 0 Å². The summed E-state index contributed by atoms with van der Waals surface area (Å²) in [6.45, 7) is 8.79. The first-order valence-electron chi connectivity index (χ1n) is 5.68. The van der Waals surface area contributed by atoms with Crippen LogP contribution in [0.1, 0.15) is 50.8 Å². The van der Waals surface area contributed by atoms with Crippen LogP contribution in [-0.4, -0.2) is 27.8 Å². The van der Waals surface area contributed by atoms with Gasteiger partial charge in [0.15, 0.2) is 6.29 Å². The highest BCUT2D eigenvalue weighted by atomic mass is 16.6. The van der Waals surface area contributed by atoms with Gasteiger partial charge < -0.3 is 4.74 Å². The van der Waals surface area contributed by atoms with Crippen LogP contribution in [0.25, 0.3) is 0 Å². The smallest absolute Gasteiger partial charge is 0.319 e. The highest BCUT2D eigenvalue weighted by Gasteiger charge is 2.36. The first-order valence-corrected chi connectivity index (χ1v) is 5.68. The maximum absolute atomic E-state index is 12.1. The molecular formula is C13H18N2O3. The summed E-state index contributed by atoms with van der Waals surface area (Å²) in [5.41, 5.74) is -1.13. The van der Waals surface area contributed by atoms with Gasteiger partial charge in [0.2, 0.25) is 0 Å². The zero-order valence-corrected chi connectivity index (χ0v) is 11.4. The number of ether oxygens (including phenoxy) is 1. The molecule has 1 aromatic rings. The average molecular weight is 250 g/mol. The Bertz CT molecular complexity index is 444. The fourth-order valence-corrected chi connectivity index (χ4v) is 1.22. The fourth-order valence-electron chi connectivity index (χ4n) is 1.22. The molecule has 0 aliphatic heterocycles. The third-order valence-corrected chi connectivity index (χ3v) is 2.28.